The molecule has 1 atom stereocenters. The number of rotatable bonds is 4. The average Bonchev–Trinajstić information content (AvgIpc) is 2.86. The fraction of sp³-hybridized carbons (Fsp3) is 0.600. The third-order valence-corrected chi connectivity index (χ3v) is 8.52. The van der Waals surface area contributed by atoms with Crippen molar-refractivity contribution in [2.75, 3.05) is 18.1 Å². The Morgan fingerprint density at radius 2 is 2.16 bits per heavy atom. The number of hydrogen-bond acceptors (Lipinski definition) is 5. The normalized spacial score (nSPS) is 23.0. The van der Waals surface area contributed by atoms with Crippen LogP contribution in [-0.2, 0) is 19.9 Å². The summed E-state index contributed by atoms with van der Waals surface area (Å²) in [5.41, 5.74) is 0. The molecule has 2 rings (SSSR count). The van der Waals surface area contributed by atoms with Gasteiger partial charge in [0.25, 0.3) is 10.0 Å². The van der Waals surface area contributed by atoms with Gasteiger partial charge in [-0.1, -0.05) is 18.5 Å². The van der Waals surface area contributed by atoms with Crippen LogP contribution in [0.2, 0.25) is 4.34 Å². The highest BCUT2D eigenvalue weighted by Crippen LogP contribution is 2.31. The first-order valence-corrected chi connectivity index (χ1v) is 10.2. The van der Waals surface area contributed by atoms with E-state index in [-0.39, 0.29) is 22.3 Å². The summed E-state index contributed by atoms with van der Waals surface area (Å²) >= 11 is 6.74. The Kier molecular flexibility index (Phi) is 4.27. The molecule has 0 unspecified atom stereocenters. The molecule has 1 aromatic rings. The first-order chi connectivity index (χ1) is 8.76. The molecule has 108 valence electrons. The summed E-state index contributed by atoms with van der Waals surface area (Å²) in [4.78, 5) is 0. The summed E-state index contributed by atoms with van der Waals surface area (Å²) < 4.78 is 49.7. The molecule has 0 saturated carbocycles. The van der Waals surface area contributed by atoms with Crippen LogP contribution in [0.3, 0.4) is 0 Å². The molecule has 1 saturated heterocycles. The van der Waals surface area contributed by atoms with Crippen molar-refractivity contribution in [1.29, 1.82) is 0 Å². The van der Waals surface area contributed by atoms with Gasteiger partial charge in [-0.05, 0) is 18.6 Å². The lowest BCUT2D eigenvalue weighted by Gasteiger charge is -2.25. The lowest BCUT2D eigenvalue weighted by Crippen LogP contribution is -2.40. The van der Waals surface area contributed by atoms with Crippen molar-refractivity contribution in [2.24, 2.45) is 0 Å². The first kappa shape index (κ1) is 15.2. The molecule has 0 aliphatic carbocycles. The maximum Gasteiger partial charge on any atom is 0.252 e. The Bertz CT molecular complexity index is 665. The molecule has 1 fully saturated rings. The Morgan fingerprint density at radius 3 is 2.58 bits per heavy atom. The SMILES string of the molecule is CCN([C@@H]1CCS(=O)(=O)C1)S(=O)(=O)c1ccc(Cl)s1. The molecule has 2 heterocycles. The van der Waals surface area contributed by atoms with Gasteiger partial charge in [0.15, 0.2) is 9.84 Å². The van der Waals surface area contributed by atoms with Gasteiger partial charge in [-0.15, -0.1) is 11.3 Å². The van der Waals surface area contributed by atoms with Gasteiger partial charge >= 0.3 is 0 Å². The van der Waals surface area contributed by atoms with E-state index >= 15 is 0 Å². The van der Waals surface area contributed by atoms with Crippen molar-refractivity contribution in [1.82, 2.24) is 4.31 Å². The summed E-state index contributed by atoms with van der Waals surface area (Å²) in [5.74, 6) is -0.0476. The number of sulfonamides is 1. The number of nitrogens with zero attached hydrogens (tertiary/aromatic N) is 1. The third-order valence-electron chi connectivity index (χ3n) is 3.04. The van der Waals surface area contributed by atoms with Crippen LogP contribution < -0.4 is 0 Å². The van der Waals surface area contributed by atoms with Gasteiger partial charge < -0.3 is 0 Å². The van der Waals surface area contributed by atoms with Crippen LogP contribution in [0.5, 0.6) is 0 Å². The predicted molar refractivity (Wildman–Crippen MR) is 76.0 cm³/mol. The molecule has 0 amide bonds. The van der Waals surface area contributed by atoms with Crippen molar-refractivity contribution in [3.8, 4) is 0 Å². The lowest BCUT2D eigenvalue weighted by atomic mass is 10.3. The van der Waals surface area contributed by atoms with E-state index in [0.717, 1.165) is 11.3 Å². The zero-order valence-electron chi connectivity index (χ0n) is 10.2. The molecule has 1 aliphatic rings. The minimum Gasteiger partial charge on any atom is -0.229 e. The van der Waals surface area contributed by atoms with Crippen LogP contribution in [0.1, 0.15) is 13.3 Å². The van der Waals surface area contributed by atoms with Gasteiger partial charge in [-0.2, -0.15) is 4.31 Å². The van der Waals surface area contributed by atoms with Crippen LogP contribution >= 0.6 is 22.9 Å². The standard InChI is InChI=1S/C10H14ClNO4S3/c1-2-12(8-5-6-18(13,14)7-8)19(15,16)10-4-3-9(11)17-10/h3-4,8H,2,5-7H2,1H3/t8-/m1/s1. The fourth-order valence-electron chi connectivity index (χ4n) is 2.18. The number of sulfone groups is 1. The van der Waals surface area contributed by atoms with E-state index in [2.05, 4.69) is 0 Å². The maximum absolute atomic E-state index is 12.5. The van der Waals surface area contributed by atoms with Crippen LogP contribution in [0.25, 0.3) is 0 Å². The molecular weight excluding hydrogens is 330 g/mol. The van der Waals surface area contributed by atoms with Gasteiger partial charge in [0.2, 0.25) is 0 Å². The number of halogens is 1. The molecule has 0 N–H and O–H groups in total. The monoisotopic (exact) mass is 343 g/mol. The predicted octanol–water partition coefficient (Wildman–Crippen LogP) is 1.60. The van der Waals surface area contributed by atoms with Gasteiger partial charge in [0.05, 0.1) is 15.8 Å². The molecule has 9 heteroatoms. The van der Waals surface area contributed by atoms with Gasteiger partial charge in [0.1, 0.15) is 4.21 Å². The van der Waals surface area contributed by atoms with Gasteiger partial charge in [-0.25, -0.2) is 16.8 Å². The van der Waals surface area contributed by atoms with Crippen molar-refractivity contribution >= 4 is 42.8 Å². The largest absolute Gasteiger partial charge is 0.252 e. The number of thiophene rings is 1. The fourth-order valence-corrected chi connectivity index (χ4v) is 7.28. The van der Waals surface area contributed by atoms with E-state index in [4.69, 9.17) is 11.6 Å². The smallest absolute Gasteiger partial charge is 0.229 e. The summed E-state index contributed by atoms with van der Waals surface area (Å²) in [5, 5.41) is 0. The van der Waals surface area contributed by atoms with Crippen molar-refractivity contribution in [2.45, 2.75) is 23.6 Å². The quantitative estimate of drug-likeness (QED) is 0.832. The Hall–Kier alpha value is -0.150. The molecule has 19 heavy (non-hydrogen) atoms. The Morgan fingerprint density at radius 1 is 1.47 bits per heavy atom. The van der Waals surface area contributed by atoms with Crippen molar-refractivity contribution < 1.29 is 16.8 Å². The molecule has 0 spiro atoms. The second-order valence-corrected chi connectivity index (χ2v) is 10.4. The minimum absolute atomic E-state index is 0.0505. The van der Waals surface area contributed by atoms with E-state index in [0.29, 0.717) is 10.8 Å². The highest BCUT2D eigenvalue weighted by atomic mass is 35.5. The molecule has 1 aliphatic heterocycles. The van der Waals surface area contributed by atoms with E-state index in [1.54, 1.807) is 6.92 Å². The highest BCUT2D eigenvalue weighted by Gasteiger charge is 2.38. The molecular formula is C10H14ClNO4S3. The lowest BCUT2D eigenvalue weighted by molar-refractivity contribution is 0.355. The minimum atomic E-state index is -3.66. The third kappa shape index (κ3) is 3.13. The Labute approximate surface area is 122 Å². The average molecular weight is 344 g/mol. The molecule has 0 radical (unpaired) electrons. The highest BCUT2D eigenvalue weighted by molar-refractivity contribution is 7.92. The zero-order valence-corrected chi connectivity index (χ0v) is 13.4. The van der Waals surface area contributed by atoms with E-state index in [9.17, 15) is 16.8 Å². The topological polar surface area (TPSA) is 71.5 Å². The van der Waals surface area contributed by atoms with E-state index in [1.165, 1.54) is 16.4 Å². The molecule has 1 aromatic heterocycles. The van der Waals surface area contributed by atoms with Crippen LogP contribution in [-0.4, -0.2) is 45.2 Å². The van der Waals surface area contributed by atoms with Gasteiger partial charge in [-0.3, -0.25) is 0 Å². The summed E-state index contributed by atoms with van der Waals surface area (Å²) in [6, 6.07) is 2.51. The second-order valence-electron chi connectivity index (χ2n) is 4.32. The summed E-state index contributed by atoms with van der Waals surface area (Å²) in [6.45, 7) is 1.95. The molecule has 5 nitrogen and oxygen atoms in total. The summed E-state index contributed by atoms with van der Waals surface area (Å²) in [6.07, 6.45) is 0.356. The van der Waals surface area contributed by atoms with Crippen LogP contribution in [0, 0.1) is 0 Å². The number of hydrogen-bond donors (Lipinski definition) is 0. The molecule has 0 bridgehead atoms. The van der Waals surface area contributed by atoms with Crippen LogP contribution in [0.15, 0.2) is 16.3 Å². The zero-order chi connectivity index (χ0) is 14.3. The van der Waals surface area contributed by atoms with Gasteiger partial charge in [0, 0.05) is 12.6 Å². The van der Waals surface area contributed by atoms with Crippen molar-refractivity contribution in [3.63, 3.8) is 0 Å². The first-order valence-electron chi connectivity index (χ1n) is 5.74. The van der Waals surface area contributed by atoms with E-state index in [1.807, 2.05) is 0 Å². The maximum atomic E-state index is 12.5. The van der Waals surface area contributed by atoms with E-state index < -0.39 is 25.9 Å². The Balaban J connectivity index is 2.32. The van der Waals surface area contributed by atoms with Crippen molar-refractivity contribution in [3.05, 3.63) is 16.5 Å². The summed E-state index contributed by atoms with van der Waals surface area (Å²) in [7, 11) is -6.78. The van der Waals surface area contributed by atoms with Crippen LogP contribution in [0.4, 0.5) is 0 Å². The second kappa shape index (κ2) is 5.33. The molecule has 0 aromatic carbocycles.